The minimum Gasteiger partial charge on any atom is -0.316 e. The number of unbranched alkanes of at least 4 members (excludes halogenated alkanes) is 6. The molecule has 0 unspecified atom stereocenters. The van der Waals surface area contributed by atoms with Gasteiger partial charge < -0.3 is 5.32 Å². The Kier molecular flexibility index (Phi) is 7.72. The lowest BCUT2D eigenvalue weighted by molar-refractivity contribution is 0.523. The highest BCUT2D eigenvalue weighted by molar-refractivity contribution is 5.02. The molecular weight excluding hydrogens is 210 g/mol. The molecule has 0 amide bonds. The summed E-state index contributed by atoms with van der Waals surface area (Å²) in [6, 6.07) is 0. The van der Waals surface area contributed by atoms with Gasteiger partial charge in [0, 0.05) is 24.8 Å². The second kappa shape index (κ2) is 9.23. The Hall–Kier alpha value is -0.830. The Labute approximate surface area is 106 Å². The summed E-state index contributed by atoms with van der Waals surface area (Å²) >= 11 is 0. The second-order valence-corrected chi connectivity index (χ2v) is 4.76. The van der Waals surface area contributed by atoms with E-state index in [0.717, 1.165) is 13.1 Å². The number of hydrogen-bond donors (Lipinski definition) is 1. The first-order valence-corrected chi connectivity index (χ1v) is 7.02. The van der Waals surface area contributed by atoms with Gasteiger partial charge in [-0.3, -0.25) is 4.68 Å². The Morgan fingerprint density at radius 3 is 2.53 bits per heavy atom. The molecule has 0 radical (unpaired) electrons. The fraction of sp³-hybridized carbons (Fsp3) is 0.786. The van der Waals surface area contributed by atoms with Crippen LogP contribution in [-0.2, 0) is 13.1 Å². The predicted molar refractivity (Wildman–Crippen MR) is 73.0 cm³/mol. The van der Waals surface area contributed by atoms with Gasteiger partial charge in [-0.2, -0.15) is 5.10 Å². The van der Waals surface area contributed by atoms with Crippen LogP contribution in [0.2, 0.25) is 0 Å². The van der Waals surface area contributed by atoms with Crippen molar-refractivity contribution in [2.24, 2.45) is 0 Å². The Morgan fingerprint density at radius 2 is 1.82 bits per heavy atom. The van der Waals surface area contributed by atoms with Gasteiger partial charge in [0.25, 0.3) is 0 Å². The third kappa shape index (κ3) is 6.47. The third-order valence-corrected chi connectivity index (χ3v) is 3.06. The van der Waals surface area contributed by atoms with Crippen LogP contribution in [0.3, 0.4) is 0 Å². The fourth-order valence-electron chi connectivity index (χ4n) is 2.05. The van der Waals surface area contributed by atoms with Crippen LogP contribution in [0.4, 0.5) is 0 Å². The normalized spacial score (nSPS) is 10.9. The number of aryl methyl sites for hydroxylation is 1. The lowest BCUT2D eigenvalue weighted by atomic mass is 10.1. The maximum Gasteiger partial charge on any atom is 0.0534 e. The SMILES string of the molecule is CCCCCCCCCn1cc(CNC)cn1. The first-order chi connectivity index (χ1) is 8.36. The van der Waals surface area contributed by atoms with Gasteiger partial charge >= 0.3 is 0 Å². The van der Waals surface area contributed by atoms with E-state index in [1.165, 1.54) is 50.5 Å². The molecule has 1 heterocycles. The maximum atomic E-state index is 4.36. The van der Waals surface area contributed by atoms with Crippen molar-refractivity contribution < 1.29 is 0 Å². The first kappa shape index (κ1) is 14.2. The standard InChI is InChI=1S/C14H27N3/c1-3-4-5-6-7-8-9-10-17-13-14(11-15-2)12-16-17/h12-13,15H,3-11H2,1-2H3. The molecule has 98 valence electrons. The molecule has 0 saturated heterocycles. The summed E-state index contributed by atoms with van der Waals surface area (Å²) in [5, 5.41) is 7.50. The van der Waals surface area contributed by atoms with Gasteiger partial charge in [-0.05, 0) is 13.5 Å². The van der Waals surface area contributed by atoms with Crippen molar-refractivity contribution in [1.29, 1.82) is 0 Å². The Balaban J connectivity index is 2.01. The molecule has 1 rings (SSSR count). The highest BCUT2D eigenvalue weighted by Gasteiger charge is 1.97. The average molecular weight is 237 g/mol. The smallest absolute Gasteiger partial charge is 0.0534 e. The molecule has 0 atom stereocenters. The Morgan fingerprint density at radius 1 is 1.12 bits per heavy atom. The molecule has 0 saturated carbocycles. The van der Waals surface area contributed by atoms with Gasteiger partial charge in [-0.1, -0.05) is 45.4 Å². The van der Waals surface area contributed by atoms with E-state index in [2.05, 4.69) is 28.2 Å². The fourth-order valence-corrected chi connectivity index (χ4v) is 2.05. The molecule has 0 aliphatic carbocycles. The molecule has 0 aliphatic rings. The highest BCUT2D eigenvalue weighted by atomic mass is 15.3. The minimum atomic E-state index is 0.914. The predicted octanol–water partition coefficient (Wildman–Crippen LogP) is 3.35. The third-order valence-electron chi connectivity index (χ3n) is 3.06. The van der Waals surface area contributed by atoms with Gasteiger partial charge in [-0.25, -0.2) is 0 Å². The number of nitrogens with zero attached hydrogens (tertiary/aromatic N) is 2. The molecule has 1 aromatic rings. The van der Waals surface area contributed by atoms with Gasteiger partial charge in [0.2, 0.25) is 0 Å². The summed E-state index contributed by atoms with van der Waals surface area (Å²) in [4.78, 5) is 0. The molecule has 0 aliphatic heterocycles. The number of aromatic nitrogens is 2. The zero-order valence-electron chi connectivity index (χ0n) is 11.4. The maximum absolute atomic E-state index is 4.36. The van der Waals surface area contributed by atoms with E-state index >= 15 is 0 Å². The summed E-state index contributed by atoms with van der Waals surface area (Å²) in [7, 11) is 1.97. The zero-order chi connectivity index (χ0) is 12.3. The number of rotatable bonds is 10. The van der Waals surface area contributed by atoms with E-state index in [1.54, 1.807) is 0 Å². The largest absolute Gasteiger partial charge is 0.316 e. The van der Waals surface area contributed by atoms with Crippen molar-refractivity contribution >= 4 is 0 Å². The van der Waals surface area contributed by atoms with Crippen molar-refractivity contribution in [1.82, 2.24) is 15.1 Å². The van der Waals surface area contributed by atoms with Crippen LogP contribution in [0, 0.1) is 0 Å². The van der Waals surface area contributed by atoms with Crippen molar-refractivity contribution in [3.05, 3.63) is 18.0 Å². The summed E-state index contributed by atoms with van der Waals surface area (Å²) in [5.41, 5.74) is 1.27. The molecule has 0 fully saturated rings. The highest BCUT2D eigenvalue weighted by Crippen LogP contribution is 2.08. The monoisotopic (exact) mass is 237 g/mol. The van der Waals surface area contributed by atoms with Crippen LogP contribution in [0.1, 0.15) is 57.4 Å². The van der Waals surface area contributed by atoms with Crippen LogP contribution in [0.15, 0.2) is 12.4 Å². The summed E-state index contributed by atoms with van der Waals surface area (Å²) in [6.07, 6.45) is 13.6. The Bertz CT molecular complexity index is 281. The van der Waals surface area contributed by atoms with E-state index in [0.29, 0.717) is 0 Å². The molecule has 0 aromatic carbocycles. The van der Waals surface area contributed by atoms with Crippen LogP contribution in [0.25, 0.3) is 0 Å². The van der Waals surface area contributed by atoms with Crippen molar-refractivity contribution in [2.75, 3.05) is 7.05 Å². The van der Waals surface area contributed by atoms with Gasteiger partial charge in [0.05, 0.1) is 6.20 Å². The van der Waals surface area contributed by atoms with Gasteiger partial charge in [0.1, 0.15) is 0 Å². The average Bonchev–Trinajstić information content (AvgIpc) is 2.76. The van der Waals surface area contributed by atoms with Crippen molar-refractivity contribution in [2.45, 2.75) is 65.0 Å². The topological polar surface area (TPSA) is 29.9 Å². The zero-order valence-corrected chi connectivity index (χ0v) is 11.4. The van der Waals surface area contributed by atoms with E-state index in [9.17, 15) is 0 Å². The van der Waals surface area contributed by atoms with Crippen LogP contribution in [0.5, 0.6) is 0 Å². The van der Waals surface area contributed by atoms with Crippen molar-refractivity contribution in [3.63, 3.8) is 0 Å². The summed E-state index contributed by atoms with van der Waals surface area (Å²) in [6.45, 7) is 4.25. The first-order valence-electron chi connectivity index (χ1n) is 7.02. The lowest BCUT2D eigenvalue weighted by Crippen LogP contribution is -2.04. The molecule has 1 aromatic heterocycles. The molecule has 0 bridgehead atoms. The van der Waals surface area contributed by atoms with Crippen LogP contribution >= 0.6 is 0 Å². The number of nitrogens with one attached hydrogen (secondary N) is 1. The van der Waals surface area contributed by atoms with Crippen LogP contribution < -0.4 is 5.32 Å². The van der Waals surface area contributed by atoms with E-state index in [4.69, 9.17) is 0 Å². The summed E-state index contributed by atoms with van der Waals surface area (Å²) < 4.78 is 2.07. The summed E-state index contributed by atoms with van der Waals surface area (Å²) in [5.74, 6) is 0. The molecule has 17 heavy (non-hydrogen) atoms. The minimum absolute atomic E-state index is 0.914. The molecule has 0 spiro atoms. The lowest BCUT2D eigenvalue weighted by Gasteiger charge is -2.02. The second-order valence-electron chi connectivity index (χ2n) is 4.76. The number of hydrogen-bond acceptors (Lipinski definition) is 2. The quantitative estimate of drug-likeness (QED) is 0.632. The molecular formula is C14H27N3. The van der Waals surface area contributed by atoms with Gasteiger partial charge in [-0.15, -0.1) is 0 Å². The molecule has 3 nitrogen and oxygen atoms in total. The van der Waals surface area contributed by atoms with E-state index < -0.39 is 0 Å². The van der Waals surface area contributed by atoms with E-state index in [-0.39, 0.29) is 0 Å². The van der Waals surface area contributed by atoms with Crippen molar-refractivity contribution in [3.8, 4) is 0 Å². The van der Waals surface area contributed by atoms with Crippen LogP contribution in [-0.4, -0.2) is 16.8 Å². The molecule has 1 N–H and O–H groups in total. The van der Waals surface area contributed by atoms with Gasteiger partial charge in [0.15, 0.2) is 0 Å². The van der Waals surface area contributed by atoms with E-state index in [1.807, 2.05) is 13.2 Å². The molecule has 3 heteroatoms.